The zero-order chi connectivity index (χ0) is 16.0. The van der Waals surface area contributed by atoms with Crippen LogP contribution in [0, 0.1) is 11.3 Å². The number of nitriles is 1. The van der Waals surface area contributed by atoms with E-state index in [1.54, 1.807) is 48.7 Å². The first kappa shape index (κ1) is 16.1. The summed E-state index contributed by atoms with van der Waals surface area (Å²) >= 11 is 1.18. The summed E-state index contributed by atoms with van der Waals surface area (Å²) < 4.78 is 28.2. The van der Waals surface area contributed by atoms with E-state index in [1.807, 2.05) is 6.07 Å². The summed E-state index contributed by atoms with van der Waals surface area (Å²) in [6.45, 7) is 0. The zero-order valence-corrected chi connectivity index (χ0v) is 13.4. The summed E-state index contributed by atoms with van der Waals surface area (Å²) in [6, 6.07) is 16.8. The molecule has 0 fully saturated rings. The monoisotopic (exact) mass is 331 g/mol. The molecule has 0 aliphatic carbocycles. The van der Waals surface area contributed by atoms with Crippen molar-refractivity contribution in [2.24, 2.45) is 4.40 Å². The first-order chi connectivity index (χ1) is 10.5. The summed E-state index contributed by atoms with van der Waals surface area (Å²) in [6.07, 6.45) is 1.72. The van der Waals surface area contributed by atoms with Crippen LogP contribution in [0.25, 0.3) is 0 Å². The zero-order valence-electron chi connectivity index (χ0n) is 11.7. The van der Waals surface area contributed by atoms with E-state index in [2.05, 4.69) is 9.71 Å². The van der Waals surface area contributed by atoms with Gasteiger partial charge in [0.15, 0.2) is 5.17 Å². The second-order valence-electron chi connectivity index (χ2n) is 4.21. The number of nitrogens with zero attached hydrogens (tertiary/aromatic N) is 2. The Labute approximate surface area is 133 Å². The van der Waals surface area contributed by atoms with Gasteiger partial charge in [0.2, 0.25) is 0 Å². The van der Waals surface area contributed by atoms with Crippen LogP contribution in [0.5, 0.6) is 0 Å². The molecule has 0 aromatic heterocycles. The van der Waals surface area contributed by atoms with Gasteiger partial charge in [0.1, 0.15) is 0 Å². The third-order valence-electron chi connectivity index (χ3n) is 2.68. The van der Waals surface area contributed by atoms with Gasteiger partial charge in [0.05, 0.1) is 16.5 Å². The third kappa shape index (κ3) is 4.10. The molecule has 0 radical (unpaired) electrons. The van der Waals surface area contributed by atoms with Crippen molar-refractivity contribution < 1.29 is 8.42 Å². The molecule has 7 heteroatoms. The number of hydrogen-bond donors (Lipinski definition) is 1. The summed E-state index contributed by atoms with van der Waals surface area (Å²) in [7, 11) is -3.77. The van der Waals surface area contributed by atoms with Crippen LogP contribution in [-0.4, -0.2) is 19.8 Å². The SMILES string of the molecule is CS/C(=N\S(=O)(=O)c1ccccc1)Nc1cccc(C#N)c1. The summed E-state index contributed by atoms with van der Waals surface area (Å²) in [5.41, 5.74) is 1.09. The molecule has 1 N–H and O–H groups in total. The molecular weight excluding hydrogens is 318 g/mol. The number of anilines is 1. The lowest BCUT2D eigenvalue weighted by Gasteiger charge is -2.08. The van der Waals surface area contributed by atoms with Gasteiger partial charge in [0, 0.05) is 5.69 Å². The van der Waals surface area contributed by atoms with E-state index < -0.39 is 10.0 Å². The molecule has 0 atom stereocenters. The maximum atomic E-state index is 12.2. The highest BCUT2D eigenvalue weighted by atomic mass is 32.2. The topological polar surface area (TPSA) is 82.3 Å². The molecule has 112 valence electrons. The Morgan fingerprint density at radius 1 is 1.18 bits per heavy atom. The molecule has 2 aromatic rings. The Bertz CT molecular complexity index is 825. The molecular formula is C15H13N3O2S2. The number of rotatable bonds is 3. The Kier molecular flexibility index (Phi) is 5.20. The van der Waals surface area contributed by atoms with Crippen LogP contribution in [0.15, 0.2) is 63.9 Å². The van der Waals surface area contributed by atoms with Crippen LogP contribution in [0.4, 0.5) is 5.69 Å². The third-order valence-corrected chi connectivity index (χ3v) is 4.67. The molecule has 2 rings (SSSR count). The molecule has 5 nitrogen and oxygen atoms in total. The van der Waals surface area contributed by atoms with E-state index in [9.17, 15) is 8.42 Å². The lowest BCUT2D eigenvalue weighted by Crippen LogP contribution is -2.11. The lowest BCUT2D eigenvalue weighted by molar-refractivity contribution is 0.598. The molecule has 0 spiro atoms. The van der Waals surface area contributed by atoms with E-state index in [-0.39, 0.29) is 10.1 Å². The lowest BCUT2D eigenvalue weighted by atomic mass is 10.2. The van der Waals surface area contributed by atoms with E-state index in [0.29, 0.717) is 11.3 Å². The van der Waals surface area contributed by atoms with Gasteiger partial charge in [-0.05, 0) is 36.6 Å². The minimum atomic E-state index is -3.77. The summed E-state index contributed by atoms with van der Waals surface area (Å²) in [5, 5.41) is 12.0. The Morgan fingerprint density at radius 2 is 1.91 bits per heavy atom. The van der Waals surface area contributed by atoms with Crippen molar-refractivity contribution in [3.63, 3.8) is 0 Å². The highest BCUT2D eigenvalue weighted by molar-refractivity contribution is 8.14. The standard InChI is InChI=1S/C15H13N3O2S2/c1-21-15(17-13-7-5-6-12(10-13)11-16)18-22(19,20)14-8-3-2-4-9-14/h2-10H,1H3,(H,17,18). The minimum absolute atomic E-state index is 0.133. The van der Waals surface area contributed by atoms with Crippen LogP contribution in [0.2, 0.25) is 0 Å². The van der Waals surface area contributed by atoms with Crippen molar-refractivity contribution in [3.05, 3.63) is 60.2 Å². The molecule has 0 unspecified atom stereocenters. The van der Waals surface area contributed by atoms with Crippen LogP contribution >= 0.6 is 11.8 Å². The van der Waals surface area contributed by atoms with Crippen molar-refractivity contribution in [2.75, 3.05) is 11.6 Å². The van der Waals surface area contributed by atoms with Gasteiger partial charge < -0.3 is 5.32 Å². The minimum Gasteiger partial charge on any atom is -0.334 e. The predicted molar refractivity (Wildman–Crippen MR) is 89.4 cm³/mol. The largest absolute Gasteiger partial charge is 0.334 e. The molecule has 22 heavy (non-hydrogen) atoms. The maximum Gasteiger partial charge on any atom is 0.284 e. The van der Waals surface area contributed by atoms with Gasteiger partial charge in [-0.25, -0.2) is 0 Å². The van der Waals surface area contributed by atoms with Gasteiger partial charge in [-0.2, -0.15) is 13.7 Å². The van der Waals surface area contributed by atoms with Crippen LogP contribution in [0.3, 0.4) is 0 Å². The van der Waals surface area contributed by atoms with E-state index in [1.165, 1.54) is 23.9 Å². The average molecular weight is 331 g/mol. The molecule has 2 aromatic carbocycles. The van der Waals surface area contributed by atoms with E-state index in [0.717, 1.165) is 0 Å². The van der Waals surface area contributed by atoms with Gasteiger partial charge in [0.25, 0.3) is 10.0 Å². The fourth-order valence-electron chi connectivity index (χ4n) is 1.66. The second kappa shape index (κ2) is 7.11. The smallest absolute Gasteiger partial charge is 0.284 e. The van der Waals surface area contributed by atoms with Crippen molar-refractivity contribution in [3.8, 4) is 6.07 Å². The van der Waals surface area contributed by atoms with E-state index in [4.69, 9.17) is 5.26 Å². The normalized spacial score (nSPS) is 11.7. The van der Waals surface area contributed by atoms with Crippen molar-refractivity contribution in [1.29, 1.82) is 5.26 Å². The Hall–Kier alpha value is -2.30. The highest BCUT2D eigenvalue weighted by Gasteiger charge is 2.13. The fraction of sp³-hybridized carbons (Fsp3) is 0.0667. The summed E-state index contributed by atoms with van der Waals surface area (Å²) in [4.78, 5) is 0.133. The van der Waals surface area contributed by atoms with Gasteiger partial charge in [-0.15, -0.1) is 4.40 Å². The molecule has 0 heterocycles. The molecule has 0 aliphatic rings. The first-order valence-electron chi connectivity index (χ1n) is 6.26. The quantitative estimate of drug-likeness (QED) is 0.690. The van der Waals surface area contributed by atoms with Gasteiger partial charge in [-0.1, -0.05) is 36.0 Å². The number of nitrogens with one attached hydrogen (secondary N) is 1. The Balaban J connectivity index is 2.30. The van der Waals surface area contributed by atoms with Crippen molar-refractivity contribution in [1.82, 2.24) is 0 Å². The second-order valence-corrected chi connectivity index (χ2v) is 6.61. The predicted octanol–water partition coefficient (Wildman–Crippen LogP) is 3.08. The maximum absolute atomic E-state index is 12.2. The Morgan fingerprint density at radius 3 is 2.55 bits per heavy atom. The first-order valence-corrected chi connectivity index (χ1v) is 8.93. The summed E-state index contributed by atoms with van der Waals surface area (Å²) in [5.74, 6) is 0. The molecule has 0 amide bonds. The molecule has 0 saturated carbocycles. The number of thioether (sulfide) groups is 1. The number of hydrogen-bond acceptors (Lipinski definition) is 4. The molecule has 0 bridgehead atoms. The average Bonchev–Trinajstić information content (AvgIpc) is 2.55. The number of sulfonamides is 1. The number of amidine groups is 1. The van der Waals surface area contributed by atoms with Gasteiger partial charge in [-0.3, -0.25) is 0 Å². The fourth-order valence-corrected chi connectivity index (χ4v) is 3.34. The highest BCUT2D eigenvalue weighted by Crippen LogP contribution is 2.16. The van der Waals surface area contributed by atoms with Gasteiger partial charge >= 0.3 is 0 Å². The van der Waals surface area contributed by atoms with Crippen molar-refractivity contribution >= 4 is 32.6 Å². The van der Waals surface area contributed by atoms with Crippen LogP contribution in [0.1, 0.15) is 5.56 Å². The van der Waals surface area contributed by atoms with E-state index >= 15 is 0 Å². The van der Waals surface area contributed by atoms with Crippen molar-refractivity contribution in [2.45, 2.75) is 4.90 Å². The molecule has 0 aliphatic heterocycles. The van der Waals surface area contributed by atoms with Crippen LogP contribution < -0.4 is 5.32 Å². The van der Waals surface area contributed by atoms with Crippen LogP contribution in [-0.2, 0) is 10.0 Å². The number of benzene rings is 2. The molecule has 0 saturated heterocycles.